The Bertz CT molecular complexity index is 1420. The van der Waals surface area contributed by atoms with Crippen LogP contribution in [0.3, 0.4) is 0 Å². The maximum Gasteiger partial charge on any atom is 0.387 e. The summed E-state index contributed by atoms with van der Waals surface area (Å²) in [5.41, 5.74) is 2.87. The van der Waals surface area contributed by atoms with Crippen LogP contribution in [0.5, 0.6) is 11.6 Å². The zero-order valence-corrected chi connectivity index (χ0v) is 21.0. The molecule has 11 heteroatoms. The van der Waals surface area contributed by atoms with Gasteiger partial charge in [-0.1, -0.05) is 18.5 Å². The third-order valence-corrected chi connectivity index (χ3v) is 7.40. The molecule has 0 unspecified atom stereocenters. The molecule has 37 heavy (non-hydrogen) atoms. The van der Waals surface area contributed by atoms with Crippen molar-refractivity contribution < 1.29 is 27.8 Å². The molecule has 3 heterocycles. The Labute approximate surface area is 216 Å². The van der Waals surface area contributed by atoms with Gasteiger partial charge in [0, 0.05) is 41.0 Å². The van der Waals surface area contributed by atoms with Crippen LogP contribution in [0.2, 0.25) is 5.02 Å². The number of halogens is 4. The monoisotopic (exact) mass is 534 g/mol. The second-order valence-electron chi connectivity index (χ2n) is 9.23. The molecule has 4 aromatic rings. The van der Waals surface area contributed by atoms with Crippen molar-refractivity contribution in [1.82, 2.24) is 19.7 Å². The number of benzene rings is 1. The first-order valence-corrected chi connectivity index (χ1v) is 12.4. The van der Waals surface area contributed by atoms with E-state index in [1.165, 1.54) is 0 Å². The first-order chi connectivity index (χ1) is 17.8. The summed E-state index contributed by atoms with van der Waals surface area (Å²) >= 11 is 6.23. The predicted molar refractivity (Wildman–Crippen MR) is 133 cm³/mol. The van der Waals surface area contributed by atoms with Gasteiger partial charge in [-0.05, 0) is 49.4 Å². The van der Waals surface area contributed by atoms with Gasteiger partial charge < -0.3 is 19.6 Å². The molecule has 7 nitrogen and oxygen atoms in total. The van der Waals surface area contributed by atoms with E-state index in [1.54, 1.807) is 26.4 Å². The number of hydrogen-bond acceptors (Lipinski definition) is 5. The van der Waals surface area contributed by atoms with Crippen LogP contribution in [0.15, 0.2) is 36.8 Å². The topological polar surface area (TPSA) is 85.2 Å². The Morgan fingerprint density at radius 3 is 2.68 bits per heavy atom. The van der Waals surface area contributed by atoms with Gasteiger partial charge in [0.2, 0.25) is 5.88 Å². The van der Waals surface area contributed by atoms with Crippen LogP contribution in [-0.2, 0) is 0 Å². The van der Waals surface area contributed by atoms with Crippen LogP contribution in [0, 0.1) is 5.82 Å². The van der Waals surface area contributed by atoms with Crippen LogP contribution in [0.4, 0.5) is 13.2 Å². The molecule has 196 valence electrons. The number of aliphatic hydroxyl groups excluding tert-OH is 1. The molecule has 1 atom stereocenters. The number of nitrogens with one attached hydrogen (secondary N) is 1. The second kappa shape index (κ2) is 10.3. The van der Waals surface area contributed by atoms with Gasteiger partial charge in [-0.3, -0.25) is 4.68 Å². The first-order valence-electron chi connectivity index (χ1n) is 12.0. The molecule has 0 spiro atoms. The average Bonchev–Trinajstić information content (AvgIpc) is 3.50. The normalized spacial score (nSPS) is 18.9. The molecule has 0 amide bonds. The van der Waals surface area contributed by atoms with Crippen LogP contribution in [0.25, 0.3) is 22.2 Å². The molecular weight excluding hydrogens is 509 g/mol. The molecule has 1 fully saturated rings. The highest BCUT2D eigenvalue weighted by Gasteiger charge is 2.26. The number of H-pyrrole nitrogens is 1. The Kier molecular flexibility index (Phi) is 7.04. The predicted octanol–water partition coefficient (Wildman–Crippen LogP) is 6.46. The Morgan fingerprint density at radius 2 is 1.97 bits per heavy atom. The summed E-state index contributed by atoms with van der Waals surface area (Å²) in [4.78, 5) is 7.62. The molecule has 5 rings (SSSR count). The highest BCUT2D eigenvalue weighted by molar-refractivity contribution is 6.31. The van der Waals surface area contributed by atoms with Gasteiger partial charge in [-0.25, -0.2) is 9.37 Å². The van der Waals surface area contributed by atoms with E-state index in [9.17, 15) is 18.3 Å². The average molecular weight is 535 g/mol. The summed E-state index contributed by atoms with van der Waals surface area (Å²) in [6.45, 7) is -1.34. The minimum atomic E-state index is -3.08. The zero-order chi connectivity index (χ0) is 26.3. The molecule has 1 aliphatic carbocycles. The molecule has 3 aromatic heterocycles. The number of alkyl halides is 2. The highest BCUT2D eigenvalue weighted by atomic mass is 35.5. The molecular formula is C26H26ClF3N4O3. The Balaban J connectivity index is 1.55. The largest absolute Gasteiger partial charge is 0.479 e. The number of aromatic amines is 1. The minimum absolute atomic E-state index is 0.123. The highest BCUT2D eigenvalue weighted by Crippen LogP contribution is 2.42. The molecule has 1 saturated carbocycles. The van der Waals surface area contributed by atoms with E-state index in [0.29, 0.717) is 22.5 Å². The number of nitrogens with zero attached hydrogens (tertiary/aromatic N) is 3. The zero-order valence-electron chi connectivity index (χ0n) is 20.2. The summed E-state index contributed by atoms with van der Waals surface area (Å²) in [6.07, 6.45) is 8.12. The summed E-state index contributed by atoms with van der Waals surface area (Å²) in [5, 5.41) is 14.9. The number of aliphatic hydroxyl groups is 1. The van der Waals surface area contributed by atoms with Crippen molar-refractivity contribution in [1.29, 1.82) is 0 Å². The lowest BCUT2D eigenvalue weighted by molar-refractivity contribution is -0.0505. The van der Waals surface area contributed by atoms with Crippen molar-refractivity contribution in [3.63, 3.8) is 0 Å². The van der Waals surface area contributed by atoms with E-state index in [0.717, 1.165) is 48.9 Å². The van der Waals surface area contributed by atoms with E-state index in [4.69, 9.17) is 16.3 Å². The lowest BCUT2D eigenvalue weighted by Crippen LogP contribution is -2.21. The van der Waals surface area contributed by atoms with E-state index in [1.807, 2.05) is 16.9 Å². The van der Waals surface area contributed by atoms with Crippen molar-refractivity contribution in [2.45, 2.75) is 57.3 Å². The van der Waals surface area contributed by atoms with Crippen molar-refractivity contribution in [2.75, 3.05) is 7.11 Å². The molecule has 1 aromatic carbocycles. The van der Waals surface area contributed by atoms with Gasteiger partial charge in [-0.2, -0.15) is 8.78 Å². The summed E-state index contributed by atoms with van der Waals surface area (Å²) < 4.78 is 52.5. The van der Waals surface area contributed by atoms with E-state index < -0.39 is 18.3 Å². The standard InChI is InChI=1S/C26H26ClF3N4O3/c1-13(22-21(37-26(29)30)8-7-20(28)23(22)27)18-11-32-24-17(18)9-14(10-31-24)19-12-34(33-25(19)36-2)15-3-5-16(35)6-4-15/h7-13,15-16,26,35H,3-6H2,1-2H3,(H,31,32)/t13-,15?,16?/m0/s1. The van der Waals surface area contributed by atoms with Gasteiger partial charge in [-0.15, -0.1) is 5.10 Å². The van der Waals surface area contributed by atoms with Gasteiger partial charge in [0.05, 0.1) is 29.8 Å². The molecule has 1 aliphatic rings. The fourth-order valence-corrected chi connectivity index (χ4v) is 5.39. The summed E-state index contributed by atoms with van der Waals surface area (Å²) in [7, 11) is 1.55. The van der Waals surface area contributed by atoms with Gasteiger partial charge in [0.1, 0.15) is 17.2 Å². The molecule has 2 N–H and O–H groups in total. The number of hydrogen-bond donors (Lipinski definition) is 2. The molecule has 0 bridgehead atoms. The number of ether oxygens (including phenoxy) is 2. The lowest BCUT2D eigenvalue weighted by atomic mass is 9.91. The van der Waals surface area contributed by atoms with Crippen molar-refractivity contribution in [2.24, 2.45) is 0 Å². The van der Waals surface area contributed by atoms with E-state index >= 15 is 0 Å². The van der Waals surface area contributed by atoms with E-state index in [2.05, 4.69) is 19.8 Å². The van der Waals surface area contributed by atoms with Crippen molar-refractivity contribution >= 4 is 22.6 Å². The maximum atomic E-state index is 14.3. The third kappa shape index (κ3) is 4.87. The molecule has 0 saturated heterocycles. The fourth-order valence-electron chi connectivity index (χ4n) is 5.07. The number of methoxy groups -OCH3 is 1. The summed E-state index contributed by atoms with van der Waals surface area (Å²) in [5.74, 6) is -1.07. The Hall–Kier alpha value is -3.24. The molecule has 0 radical (unpaired) electrons. The van der Waals surface area contributed by atoms with Crippen LogP contribution < -0.4 is 9.47 Å². The lowest BCUT2D eigenvalue weighted by Gasteiger charge is -2.25. The van der Waals surface area contributed by atoms with Crippen LogP contribution in [0.1, 0.15) is 55.7 Å². The van der Waals surface area contributed by atoms with Gasteiger partial charge in [0.15, 0.2) is 0 Å². The van der Waals surface area contributed by atoms with Gasteiger partial charge >= 0.3 is 6.61 Å². The van der Waals surface area contributed by atoms with E-state index in [-0.39, 0.29) is 28.5 Å². The number of fused-ring (bicyclic) bond motifs is 1. The smallest absolute Gasteiger partial charge is 0.387 e. The van der Waals surface area contributed by atoms with Crippen LogP contribution >= 0.6 is 11.6 Å². The quantitative estimate of drug-likeness (QED) is 0.284. The first kappa shape index (κ1) is 25.4. The Morgan fingerprint density at radius 1 is 1.22 bits per heavy atom. The van der Waals surface area contributed by atoms with Crippen LogP contribution in [-0.4, -0.2) is 44.7 Å². The van der Waals surface area contributed by atoms with Crippen molar-refractivity contribution in [3.8, 4) is 22.8 Å². The number of aromatic nitrogens is 4. The maximum absolute atomic E-state index is 14.3. The fraction of sp³-hybridized carbons (Fsp3) is 0.385. The second-order valence-corrected chi connectivity index (χ2v) is 9.61. The number of rotatable bonds is 7. The van der Waals surface area contributed by atoms with Crippen molar-refractivity contribution in [3.05, 3.63) is 58.8 Å². The minimum Gasteiger partial charge on any atom is -0.479 e. The number of pyridine rings is 1. The van der Waals surface area contributed by atoms with Gasteiger partial charge in [0.25, 0.3) is 0 Å². The molecule has 0 aliphatic heterocycles. The third-order valence-electron chi connectivity index (χ3n) is 7.01. The summed E-state index contributed by atoms with van der Waals surface area (Å²) in [6, 6.07) is 4.22. The SMILES string of the molecule is COc1nn(C2CCC(O)CC2)cc1-c1cnc2[nH]cc([C@H](C)c3c(OC(F)F)ccc(F)c3Cl)c2c1.